The van der Waals surface area contributed by atoms with Gasteiger partial charge in [0.05, 0.1) is 18.4 Å². The Morgan fingerprint density at radius 1 is 1.46 bits per heavy atom. The summed E-state index contributed by atoms with van der Waals surface area (Å²) in [6.07, 6.45) is -0.377. The van der Waals surface area contributed by atoms with Crippen LogP contribution in [0.4, 0.5) is 5.69 Å². The number of nitro groups is 1. The van der Waals surface area contributed by atoms with E-state index in [4.69, 9.17) is 11.6 Å². The van der Waals surface area contributed by atoms with Gasteiger partial charge in [0.25, 0.3) is 5.69 Å². The molecular formula is C15H17ClN3O5+. The molecule has 0 fully saturated rings. The fourth-order valence-electron chi connectivity index (χ4n) is 2.69. The molecule has 0 aliphatic carbocycles. The molecule has 1 aromatic carbocycles. The Labute approximate surface area is 142 Å². The molecule has 128 valence electrons. The molecule has 0 aliphatic rings. The molecule has 1 atom stereocenters. The number of nitro benzene ring substituents is 1. The molecule has 0 saturated carbocycles. The fourth-order valence-corrected chi connectivity index (χ4v) is 2.94. The smallest absolute Gasteiger partial charge is 0.304 e. The Morgan fingerprint density at radius 2 is 2.08 bits per heavy atom. The van der Waals surface area contributed by atoms with Crippen LogP contribution in [0.1, 0.15) is 35.1 Å². The second kappa shape index (κ2) is 6.48. The van der Waals surface area contributed by atoms with Crippen molar-refractivity contribution in [3.63, 3.8) is 0 Å². The number of aromatic nitrogens is 2. The second-order valence-electron chi connectivity index (χ2n) is 5.51. The summed E-state index contributed by atoms with van der Waals surface area (Å²) < 4.78 is 2.55. The quantitative estimate of drug-likeness (QED) is 0.370. The summed E-state index contributed by atoms with van der Waals surface area (Å²) in [7, 11) is 1.69. The first kappa shape index (κ1) is 17.7. The van der Waals surface area contributed by atoms with E-state index < -0.39 is 16.8 Å². The van der Waals surface area contributed by atoms with Crippen LogP contribution in [0.3, 0.4) is 0 Å². The molecule has 2 N–H and O–H groups in total. The summed E-state index contributed by atoms with van der Waals surface area (Å²) in [5, 5.41) is 30.8. The van der Waals surface area contributed by atoms with E-state index in [1.54, 1.807) is 25.5 Å². The first-order chi connectivity index (χ1) is 11.1. The molecule has 0 aliphatic heterocycles. The van der Waals surface area contributed by atoms with E-state index in [-0.39, 0.29) is 28.5 Å². The van der Waals surface area contributed by atoms with Crippen molar-refractivity contribution in [2.45, 2.75) is 26.2 Å². The molecular weight excluding hydrogens is 338 g/mol. The van der Waals surface area contributed by atoms with E-state index in [9.17, 15) is 25.2 Å². The van der Waals surface area contributed by atoms with Crippen molar-refractivity contribution in [1.82, 2.24) is 4.73 Å². The highest BCUT2D eigenvalue weighted by Gasteiger charge is 2.35. The van der Waals surface area contributed by atoms with Gasteiger partial charge in [0.1, 0.15) is 11.6 Å². The van der Waals surface area contributed by atoms with Crippen molar-refractivity contribution < 1.29 is 24.6 Å². The summed E-state index contributed by atoms with van der Waals surface area (Å²) >= 11 is 6.16. The number of aliphatic carboxylic acids is 1. The van der Waals surface area contributed by atoms with Crippen molar-refractivity contribution in [2.24, 2.45) is 7.05 Å². The lowest BCUT2D eigenvalue weighted by molar-refractivity contribution is -0.686. The fraction of sp³-hybridized carbons (Fsp3) is 0.333. The predicted molar refractivity (Wildman–Crippen MR) is 84.5 cm³/mol. The molecule has 8 nitrogen and oxygen atoms in total. The molecule has 0 saturated heterocycles. The Bertz CT molecular complexity index is 806. The van der Waals surface area contributed by atoms with Crippen LogP contribution in [0, 0.1) is 24.0 Å². The first-order valence-electron chi connectivity index (χ1n) is 7.07. The lowest BCUT2D eigenvalue weighted by Gasteiger charge is -2.13. The molecule has 2 rings (SSSR count). The maximum atomic E-state index is 11.3. The summed E-state index contributed by atoms with van der Waals surface area (Å²) in [5.41, 5.74) is 1.36. The van der Waals surface area contributed by atoms with Crippen LogP contribution < -0.4 is 4.57 Å². The van der Waals surface area contributed by atoms with Crippen LogP contribution in [0.5, 0.6) is 0 Å². The lowest BCUT2D eigenvalue weighted by atomic mass is 9.94. The Kier molecular flexibility index (Phi) is 4.79. The van der Waals surface area contributed by atoms with Crippen LogP contribution >= 0.6 is 11.6 Å². The topological polar surface area (TPSA) is 109 Å². The van der Waals surface area contributed by atoms with Gasteiger partial charge in [0.2, 0.25) is 0 Å². The van der Waals surface area contributed by atoms with Gasteiger partial charge in [-0.05, 0) is 16.4 Å². The molecule has 0 unspecified atom stereocenters. The highest BCUT2D eigenvalue weighted by Crippen LogP contribution is 2.34. The zero-order chi connectivity index (χ0) is 18.2. The van der Waals surface area contributed by atoms with E-state index in [0.29, 0.717) is 5.69 Å². The molecule has 0 bridgehead atoms. The Balaban J connectivity index is 2.72. The van der Waals surface area contributed by atoms with Crippen LogP contribution in [0.2, 0.25) is 5.02 Å². The zero-order valence-electron chi connectivity index (χ0n) is 13.4. The normalized spacial score (nSPS) is 12.2. The summed E-state index contributed by atoms with van der Waals surface area (Å²) in [6, 6.07) is 3.85. The van der Waals surface area contributed by atoms with E-state index >= 15 is 0 Å². The second-order valence-corrected chi connectivity index (χ2v) is 5.92. The zero-order valence-corrected chi connectivity index (χ0v) is 14.1. The van der Waals surface area contributed by atoms with Gasteiger partial charge in [0, 0.05) is 31.0 Å². The van der Waals surface area contributed by atoms with Crippen LogP contribution in [0.15, 0.2) is 18.2 Å². The molecule has 2 aromatic rings. The molecule has 1 heterocycles. The average Bonchev–Trinajstić information content (AvgIpc) is 2.69. The summed E-state index contributed by atoms with van der Waals surface area (Å²) in [4.78, 5) is 21.8. The number of carboxylic acids is 1. The minimum atomic E-state index is -1.11. The highest BCUT2D eigenvalue weighted by molar-refractivity contribution is 6.31. The number of hydrogen-bond acceptors (Lipinski definition) is 4. The van der Waals surface area contributed by atoms with E-state index in [1.807, 2.05) is 0 Å². The molecule has 0 amide bonds. The van der Waals surface area contributed by atoms with Crippen LogP contribution in [-0.2, 0) is 11.8 Å². The van der Waals surface area contributed by atoms with Gasteiger partial charge in [-0.3, -0.25) is 14.9 Å². The van der Waals surface area contributed by atoms with Gasteiger partial charge in [-0.2, -0.15) is 0 Å². The number of benzene rings is 1. The summed E-state index contributed by atoms with van der Waals surface area (Å²) in [5.74, 6) is -1.67. The number of non-ortho nitro benzene ring substituents is 1. The SMILES string of the molecule is Cc1c(C)[n+](C)c([C@H](CC(=O)O)c2cc([N+](=O)[O-])ccc2Cl)n1O. The number of nitrogens with zero attached hydrogens (tertiary/aromatic N) is 3. The third-order valence-electron chi connectivity index (χ3n) is 4.16. The van der Waals surface area contributed by atoms with Gasteiger partial charge in [-0.15, -0.1) is 0 Å². The molecule has 9 heteroatoms. The number of imidazole rings is 1. The van der Waals surface area contributed by atoms with Crippen molar-refractivity contribution >= 4 is 23.3 Å². The van der Waals surface area contributed by atoms with Gasteiger partial charge >= 0.3 is 11.8 Å². The highest BCUT2D eigenvalue weighted by atomic mass is 35.5. The number of halogens is 1. The van der Waals surface area contributed by atoms with E-state index in [1.165, 1.54) is 18.2 Å². The molecule has 1 aromatic heterocycles. The van der Waals surface area contributed by atoms with Crippen molar-refractivity contribution in [1.29, 1.82) is 0 Å². The average molecular weight is 355 g/mol. The van der Waals surface area contributed by atoms with E-state index in [0.717, 1.165) is 10.4 Å². The van der Waals surface area contributed by atoms with Crippen LogP contribution in [-0.4, -0.2) is 25.9 Å². The number of hydrogen-bond donors (Lipinski definition) is 2. The first-order valence-corrected chi connectivity index (χ1v) is 7.45. The standard InChI is InChI=1S/C15H16ClN3O5/c1-8-9(2)18(22)15(17(8)3)12(7-14(20)21)11-6-10(19(23)24)4-5-13(11)16/h4-6,12H,7H2,1-3H3,(H-,20,21,22)/p+1/t12-/m1/s1. The van der Waals surface area contributed by atoms with Crippen molar-refractivity contribution in [3.05, 3.63) is 56.1 Å². The van der Waals surface area contributed by atoms with Gasteiger partial charge < -0.3 is 10.3 Å². The lowest BCUT2D eigenvalue weighted by Crippen LogP contribution is -2.37. The number of carboxylic acid groups (broad SMARTS) is 1. The largest absolute Gasteiger partial charge is 0.481 e. The Morgan fingerprint density at radius 3 is 2.54 bits per heavy atom. The molecule has 0 spiro atoms. The third kappa shape index (κ3) is 3.05. The maximum Gasteiger partial charge on any atom is 0.304 e. The minimum absolute atomic E-state index is 0.197. The molecule has 0 radical (unpaired) electrons. The van der Waals surface area contributed by atoms with Crippen molar-refractivity contribution in [3.8, 4) is 0 Å². The van der Waals surface area contributed by atoms with Crippen molar-refractivity contribution in [2.75, 3.05) is 0 Å². The predicted octanol–water partition coefficient (Wildman–Crippen LogP) is 2.33. The minimum Gasteiger partial charge on any atom is -0.481 e. The summed E-state index contributed by atoms with van der Waals surface area (Å²) in [6.45, 7) is 3.46. The third-order valence-corrected chi connectivity index (χ3v) is 4.51. The number of carbonyl (C=O) groups is 1. The van der Waals surface area contributed by atoms with E-state index in [2.05, 4.69) is 0 Å². The molecule has 24 heavy (non-hydrogen) atoms. The van der Waals surface area contributed by atoms with Gasteiger partial charge in [-0.1, -0.05) is 11.6 Å². The Hall–Kier alpha value is -2.61. The number of rotatable bonds is 5. The maximum absolute atomic E-state index is 11.3. The van der Waals surface area contributed by atoms with Gasteiger partial charge in [-0.25, -0.2) is 4.57 Å². The van der Waals surface area contributed by atoms with Gasteiger partial charge in [0.15, 0.2) is 5.69 Å². The monoisotopic (exact) mass is 354 g/mol. The van der Waals surface area contributed by atoms with Crippen LogP contribution in [0.25, 0.3) is 0 Å².